The summed E-state index contributed by atoms with van der Waals surface area (Å²) >= 11 is 3.47. The molecule has 71 heavy (non-hydrogen) atoms. The molecule has 9 N–H and O–H groups in total. The zero-order valence-corrected chi connectivity index (χ0v) is 43.3. The Balaban J connectivity index is 0.000000166. The largest absolute Gasteiger partial charge is 0.394 e. The third-order valence-corrected chi connectivity index (χ3v) is 14.8. The number of imidazole rings is 2. The first-order valence-corrected chi connectivity index (χ1v) is 26.2. The van der Waals surface area contributed by atoms with Crippen LogP contribution in [0.25, 0.3) is 33.5 Å². The molecule has 10 rings (SSSR count). The molecule has 4 aromatic heterocycles. The van der Waals surface area contributed by atoms with Crippen LogP contribution in [0.5, 0.6) is 0 Å². The Labute approximate surface area is 425 Å². The molecule has 0 saturated heterocycles. The molecule has 378 valence electrons. The molecule has 17 heteroatoms. The number of benzene rings is 3. The highest BCUT2D eigenvalue weighted by molar-refractivity contribution is 9.10. The van der Waals surface area contributed by atoms with E-state index in [4.69, 9.17) is 30.8 Å². The van der Waals surface area contributed by atoms with Crippen molar-refractivity contribution in [3.8, 4) is 11.1 Å². The van der Waals surface area contributed by atoms with Gasteiger partial charge in [0.15, 0.2) is 34.0 Å². The lowest BCUT2D eigenvalue weighted by Crippen LogP contribution is -2.40. The molecule has 0 bridgehead atoms. The zero-order chi connectivity index (χ0) is 50.0. The minimum atomic E-state index is -0.346. The number of rotatable bonds is 16. The fourth-order valence-corrected chi connectivity index (χ4v) is 10.1. The fraction of sp³-hybridized carbons (Fsp3) is 0.481. The van der Waals surface area contributed by atoms with Crippen molar-refractivity contribution >= 4 is 61.8 Å². The van der Waals surface area contributed by atoms with Gasteiger partial charge < -0.3 is 51.5 Å². The molecule has 3 aliphatic carbocycles. The number of aliphatic hydroxyl groups is 3. The van der Waals surface area contributed by atoms with Gasteiger partial charge in [0.2, 0.25) is 11.9 Å². The number of hydrogen-bond acceptors (Lipinski definition) is 14. The maximum absolute atomic E-state index is 10.1. The SMILES string of the molecule is CC(C)n1cnc2c(NCc3ccc(-c4ccccc4)cc3)nc(NC3(CO)CCCC3)nc21.CC(C)n1cnc2c(NCc3ccc(Br)cc3)nc(NC3(CO)CCCC3)nc21.NC1(CO)CCCC1. The van der Waals surface area contributed by atoms with Crippen molar-refractivity contribution in [2.24, 2.45) is 5.73 Å². The Kier molecular flexibility index (Phi) is 16.9. The second kappa shape index (κ2) is 23.2. The average Bonchev–Trinajstić information content (AvgIpc) is 4.26. The summed E-state index contributed by atoms with van der Waals surface area (Å²) in [6, 6.07) is 27.6. The number of aromatic nitrogens is 8. The maximum atomic E-state index is 10.1. The van der Waals surface area contributed by atoms with Gasteiger partial charge in [-0.3, -0.25) is 0 Å². The van der Waals surface area contributed by atoms with E-state index < -0.39 is 0 Å². The quantitative estimate of drug-likeness (QED) is 0.0451. The van der Waals surface area contributed by atoms with E-state index in [0.717, 1.165) is 102 Å². The highest BCUT2D eigenvalue weighted by atomic mass is 79.9. The van der Waals surface area contributed by atoms with Crippen LogP contribution in [0.3, 0.4) is 0 Å². The smallest absolute Gasteiger partial charge is 0.227 e. The van der Waals surface area contributed by atoms with E-state index in [1.807, 2.05) is 35.4 Å². The molecule has 3 saturated carbocycles. The molecule has 3 aromatic carbocycles. The molecule has 4 heterocycles. The summed E-state index contributed by atoms with van der Waals surface area (Å²) in [5.74, 6) is 2.47. The van der Waals surface area contributed by atoms with Crippen molar-refractivity contribution in [3.63, 3.8) is 0 Å². The van der Waals surface area contributed by atoms with Crippen molar-refractivity contribution in [2.45, 2.75) is 147 Å². The molecular formula is C54H72BrN13O3. The van der Waals surface area contributed by atoms with E-state index in [0.29, 0.717) is 36.6 Å². The minimum absolute atomic E-state index is 0.0777. The number of anilines is 4. The lowest BCUT2D eigenvalue weighted by molar-refractivity contribution is 0.199. The van der Waals surface area contributed by atoms with Gasteiger partial charge in [-0.1, -0.05) is 121 Å². The Morgan fingerprint density at radius 2 is 0.958 bits per heavy atom. The van der Waals surface area contributed by atoms with Gasteiger partial charge in [-0.25, -0.2) is 9.97 Å². The Morgan fingerprint density at radius 3 is 1.35 bits per heavy atom. The van der Waals surface area contributed by atoms with E-state index in [1.54, 1.807) is 0 Å². The second-order valence-corrected chi connectivity index (χ2v) is 21.2. The van der Waals surface area contributed by atoms with Crippen molar-refractivity contribution in [1.29, 1.82) is 0 Å². The van der Waals surface area contributed by atoms with E-state index in [2.05, 4.69) is 140 Å². The standard InChI is InChI=1S/C27H32N6O.C21H27BrN6O.C6H13NO/c1-19(2)33-18-29-23-24(30-26(31-25(23)33)32-27(17-34)14-6-7-15-27)28-16-20-10-12-22(13-11-20)21-8-4-3-5-9-21;1-14(2)28-13-24-17-18(23-11-15-5-7-16(22)8-6-15)25-20(26-19(17)28)27-21(12-29)9-3-4-10-21;7-6(5-8)3-1-2-4-6/h3-5,8-13,18-19,34H,6-7,14-17H2,1-2H3,(H2,28,30,31,32);5-8,13-14,29H,3-4,9-12H2,1-2H3,(H2,23,25,26,27);8H,1-5,7H2. The predicted molar refractivity (Wildman–Crippen MR) is 288 cm³/mol. The van der Waals surface area contributed by atoms with Gasteiger partial charge in [0.1, 0.15) is 0 Å². The highest BCUT2D eigenvalue weighted by Gasteiger charge is 2.35. The van der Waals surface area contributed by atoms with Crippen LogP contribution in [0.4, 0.5) is 23.5 Å². The van der Waals surface area contributed by atoms with Crippen LogP contribution < -0.4 is 27.0 Å². The number of halogens is 1. The Hall–Kier alpha value is -5.72. The van der Waals surface area contributed by atoms with E-state index in [9.17, 15) is 10.2 Å². The first kappa shape index (κ1) is 51.6. The van der Waals surface area contributed by atoms with Gasteiger partial charge in [0, 0.05) is 35.2 Å². The predicted octanol–water partition coefficient (Wildman–Crippen LogP) is 10.2. The summed E-state index contributed by atoms with van der Waals surface area (Å²) in [6.07, 6.45) is 16.1. The molecule has 0 unspecified atom stereocenters. The molecule has 0 amide bonds. The summed E-state index contributed by atoms with van der Waals surface area (Å²) in [4.78, 5) is 28.3. The number of fused-ring (bicyclic) bond motifs is 2. The van der Waals surface area contributed by atoms with Gasteiger partial charge in [-0.05, 0) is 101 Å². The zero-order valence-electron chi connectivity index (χ0n) is 41.7. The van der Waals surface area contributed by atoms with E-state index >= 15 is 0 Å². The number of nitrogens with one attached hydrogen (secondary N) is 4. The topological polar surface area (TPSA) is 222 Å². The van der Waals surface area contributed by atoms with Crippen LogP contribution in [0.2, 0.25) is 0 Å². The van der Waals surface area contributed by atoms with Crippen LogP contribution in [0.15, 0.2) is 96.0 Å². The monoisotopic (exact) mass is 1030 g/mol. The van der Waals surface area contributed by atoms with Gasteiger partial charge in [0.05, 0.1) is 43.6 Å². The molecular weight excluding hydrogens is 959 g/mol. The number of nitrogens with zero attached hydrogens (tertiary/aromatic N) is 8. The highest BCUT2D eigenvalue weighted by Crippen LogP contribution is 2.35. The molecule has 0 aliphatic heterocycles. The van der Waals surface area contributed by atoms with Crippen LogP contribution in [0, 0.1) is 0 Å². The molecule has 3 aliphatic rings. The third kappa shape index (κ3) is 12.7. The number of nitrogens with two attached hydrogens (primary N) is 1. The number of aliphatic hydroxyl groups excluding tert-OH is 3. The van der Waals surface area contributed by atoms with Gasteiger partial charge >= 0.3 is 0 Å². The van der Waals surface area contributed by atoms with Gasteiger partial charge in [-0.2, -0.15) is 19.9 Å². The Bertz CT molecular complexity index is 2780. The van der Waals surface area contributed by atoms with Crippen LogP contribution in [-0.4, -0.2) is 90.8 Å². The molecule has 16 nitrogen and oxygen atoms in total. The van der Waals surface area contributed by atoms with Crippen molar-refractivity contribution in [3.05, 3.63) is 107 Å². The molecule has 0 atom stereocenters. The third-order valence-electron chi connectivity index (χ3n) is 14.2. The molecule has 0 radical (unpaired) electrons. The van der Waals surface area contributed by atoms with Gasteiger partial charge in [-0.15, -0.1) is 0 Å². The lowest BCUT2D eigenvalue weighted by atomic mass is 9.99. The molecule has 0 spiro atoms. The summed E-state index contributed by atoms with van der Waals surface area (Å²) in [5, 5.41) is 42.6. The van der Waals surface area contributed by atoms with Crippen molar-refractivity contribution < 1.29 is 15.3 Å². The summed E-state index contributed by atoms with van der Waals surface area (Å²) < 4.78 is 5.16. The first-order valence-electron chi connectivity index (χ1n) is 25.4. The summed E-state index contributed by atoms with van der Waals surface area (Å²) in [6.45, 7) is 10.0. The first-order chi connectivity index (χ1) is 34.3. The van der Waals surface area contributed by atoms with E-state index in [1.165, 1.54) is 24.0 Å². The molecule has 7 aromatic rings. The normalized spacial score (nSPS) is 16.7. The summed E-state index contributed by atoms with van der Waals surface area (Å²) in [5.41, 5.74) is 12.6. The minimum Gasteiger partial charge on any atom is -0.394 e. The van der Waals surface area contributed by atoms with Crippen molar-refractivity contribution in [1.82, 2.24) is 39.0 Å². The van der Waals surface area contributed by atoms with Crippen LogP contribution in [-0.2, 0) is 13.1 Å². The summed E-state index contributed by atoms with van der Waals surface area (Å²) in [7, 11) is 0. The maximum Gasteiger partial charge on any atom is 0.227 e. The lowest BCUT2D eigenvalue weighted by Gasteiger charge is -2.28. The second-order valence-electron chi connectivity index (χ2n) is 20.3. The average molecular weight is 1030 g/mol. The van der Waals surface area contributed by atoms with Crippen LogP contribution >= 0.6 is 15.9 Å². The van der Waals surface area contributed by atoms with Crippen LogP contribution in [0.1, 0.15) is 128 Å². The van der Waals surface area contributed by atoms with Crippen molar-refractivity contribution in [2.75, 3.05) is 41.1 Å². The van der Waals surface area contributed by atoms with Gasteiger partial charge in [0.25, 0.3) is 0 Å². The van der Waals surface area contributed by atoms with E-state index in [-0.39, 0.29) is 48.5 Å². The fourth-order valence-electron chi connectivity index (χ4n) is 9.83. The Morgan fingerprint density at radius 1 is 0.549 bits per heavy atom. The number of hydrogen-bond donors (Lipinski definition) is 8. The molecule has 3 fully saturated rings.